The Morgan fingerprint density at radius 2 is 1.79 bits per heavy atom. The number of rotatable bonds is 1. The molecule has 0 aromatic carbocycles. The summed E-state index contributed by atoms with van der Waals surface area (Å²) < 4.78 is 0. The van der Waals surface area contributed by atoms with Crippen molar-refractivity contribution in [3.8, 4) is 0 Å². The summed E-state index contributed by atoms with van der Waals surface area (Å²) in [6.45, 7) is 0. The number of carbonyl (C=O) groups is 2. The number of aliphatic imine (C=N–C) groups is 1. The lowest BCUT2D eigenvalue weighted by Crippen LogP contribution is -2.49. The van der Waals surface area contributed by atoms with E-state index in [-0.39, 0.29) is 17.3 Å². The molecule has 1 fully saturated rings. The molecule has 0 saturated heterocycles. The molecule has 19 heavy (non-hydrogen) atoms. The molecule has 3 amide bonds. The number of carbonyl (C=O) groups excluding carboxylic acids is 2. The van der Waals surface area contributed by atoms with Crippen molar-refractivity contribution in [2.24, 2.45) is 4.99 Å². The predicted molar refractivity (Wildman–Crippen MR) is 78.6 cm³/mol. The van der Waals surface area contributed by atoms with Gasteiger partial charge in [-0.25, -0.2) is 4.79 Å². The van der Waals surface area contributed by atoms with Crippen LogP contribution in [0.1, 0.15) is 25.7 Å². The molecule has 0 aliphatic heterocycles. The van der Waals surface area contributed by atoms with Gasteiger partial charge >= 0.3 is 11.3 Å². The van der Waals surface area contributed by atoms with E-state index in [1.54, 1.807) is 32.3 Å². The molecule has 7 heteroatoms. The van der Waals surface area contributed by atoms with Crippen molar-refractivity contribution in [2.75, 3.05) is 27.4 Å². The number of hydrogen-bond donors (Lipinski definition) is 1. The molecule has 1 saturated carbocycles. The second-order valence-corrected chi connectivity index (χ2v) is 5.52. The highest BCUT2D eigenvalue weighted by Crippen LogP contribution is 2.17. The molecule has 108 valence electrons. The standard InChI is InChI=1S/C12H22N4O2S/c1-15(2)10(14-12(18)19-4)16(3)11(17)13-9-7-5-6-8-9/h9H,5-8H2,1-4H3,(H,13,17). The average molecular weight is 286 g/mol. The fourth-order valence-electron chi connectivity index (χ4n) is 2.03. The third-order valence-electron chi connectivity index (χ3n) is 3.05. The lowest BCUT2D eigenvalue weighted by molar-refractivity contribution is 0.219. The minimum Gasteiger partial charge on any atom is -0.348 e. The molecule has 1 N–H and O–H groups in total. The molecule has 1 rings (SSSR count). The Hall–Kier alpha value is -1.24. The Morgan fingerprint density at radius 3 is 2.26 bits per heavy atom. The number of nitrogens with zero attached hydrogens (tertiary/aromatic N) is 3. The van der Waals surface area contributed by atoms with E-state index in [4.69, 9.17) is 0 Å². The maximum Gasteiger partial charge on any atom is 0.324 e. The Labute approximate surface area is 118 Å². The number of guanidine groups is 1. The van der Waals surface area contributed by atoms with Crippen LogP contribution >= 0.6 is 11.8 Å². The fourth-order valence-corrected chi connectivity index (χ4v) is 2.21. The van der Waals surface area contributed by atoms with Gasteiger partial charge in [-0.15, -0.1) is 0 Å². The first-order valence-corrected chi connectivity index (χ1v) is 7.56. The minimum absolute atomic E-state index is 0.215. The number of thioether (sulfide) groups is 1. The molecule has 0 heterocycles. The van der Waals surface area contributed by atoms with Crippen LogP contribution in [-0.2, 0) is 0 Å². The molecule has 0 spiro atoms. The van der Waals surface area contributed by atoms with Crippen LogP contribution < -0.4 is 5.32 Å². The highest BCUT2D eigenvalue weighted by Gasteiger charge is 2.22. The van der Waals surface area contributed by atoms with Crippen LogP contribution in [0.3, 0.4) is 0 Å². The van der Waals surface area contributed by atoms with Crippen molar-refractivity contribution in [2.45, 2.75) is 31.7 Å². The number of amides is 3. The zero-order chi connectivity index (χ0) is 14.4. The van der Waals surface area contributed by atoms with Crippen molar-refractivity contribution >= 4 is 29.0 Å². The number of urea groups is 1. The number of nitrogens with one attached hydrogen (secondary N) is 1. The van der Waals surface area contributed by atoms with E-state index in [0.717, 1.165) is 37.4 Å². The molecule has 1 aliphatic carbocycles. The number of hydrogen-bond acceptors (Lipinski definition) is 3. The molecular formula is C12H22N4O2S. The van der Waals surface area contributed by atoms with Crippen molar-refractivity contribution < 1.29 is 9.59 Å². The second kappa shape index (κ2) is 7.37. The first kappa shape index (κ1) is 15.8. The summed E-state index contributed by atoms with van der Waals surface area (Å²) in [5, 5.41) is 2.65. The van der Waals surface area contributed by atoms with Crippen LogP contribution in [0.15, 0.2) is 4.99 Å². The van der Waals surface area contributed by atoms with E-state index in [2.05, 4.69) is 10.3 Å². The maximum absolute atomic E-state index is 12.1. The summed E-state index contributed by atoms with van der Waals surface area (Å²) >= 11 is 1.02. The van der Waals surface area contributed by atoms with E-state index in [9.17, 15) is 9.59 Å². The van der Waals surface area contributed by atoms with Crippen LogP contribution in [0.4, 0.5) is 9.59 Å². The van der Waals surface area contributed by atoms with Crippen molar-refractivity contribution in [3.05, 3.63) is 0 Å². The summed E-state index contributed by atoms with van der Waals surface area (Å²) in [7, 11) is 5.13. The summed E-state index contributed by atoms with van der Waals surface area (Å²) in [5.74, 6) is 0.342. The normalized spacial score (nSPS) is 16.3. The van der Waals surface area contributed by atoms with Gasteiger partial charge in [0.25, 0.3) is 0 Å². The maximum atomic E-state index is 12.1. The third kappa shape index (κ3) is 4.74. The summed E-state index contributed by atoms with van der Waals surface area (Å²) in [4.78, 5) is 30.5. The van der Waals surface area contributed by atoms with Crippen LogP contribution in [0, 0.1) is 0 Å². The van der Waals surface area contributed by atoms with Gasteiger partial charge in [0.1, 0.15) is 0 Å². The van der Waals surface area contributed by atoms with Gasteiger partial charge in [0.15, 0.2) is 0 Å². The zero-order valence-corrected chi connectivity index (χ0v) is 12.8. The molecule has 1 aliphatic rings. The van der Waals surface area contributed by atoms with Crippen LogP contribution in [0.5, 0.6) is 0 Å². The van der Waals surface area contributed by atoms with Crippen LogP contribution in [-0.4, -0.2) is 60.5 Å². The van der Waals surface area contributed by atoms with Crippen molar-refractivity contribution in [1.82, 2.24) is 15.1 Å². The molecule has 0 radical (unpaired) electrons. The van der Waals surface area contributed by atoms with Gasteiger partial charge in [-0.2, -0.15) is 4.99 Å². The van der Waals surface area contributed by atoms with E-state index >= 15 is 0 Å². The highest BCUT2D eigenvalue weighted by molar-refractivity contribution is 8.13. The van der Waals surface area contributed by atoms with Crippen LogP contribution in [0.25, 0.3) is 0 Å². The first-order chi connectivity index (χ1) is 8.95. The first-order valence-electron chi connectivity index (χ1n) is 6.34. The minimum atomic E-state index is -0.316. The summed E-state index contributed by atoms with van der Waals surface area (Å²) in [6, 6.07) is 0.0304. The molecule has 0 aromatic rings. The smallest absolute Gasteiger partial charge is 0.324 e. The van der Waals surface area contributed by atoms with E-state index in [1.165, 1.54) is 4.90 Å². The monoisotopic (exact) mass is 286 g/mol. The van der Waals surface area contributed by atoms with E-state index < -0.39 is 0 Å². The Balaban J connectivity index is 2.69. The van der Waals surface area contributed by atoms with Gasteiger partial charge in [0.05, 0.1) is 0 Å². The largest absolute Gasteiger partial charge is 0.348 e. The van der Waals surface area contributed by atoms with E-state index in [0.29, 0.717) is 5.96 Å². The molecule has 0 bridgehead atoms. The van der Waals surface area contributed by atoms with E-state index in [1.807, 2.05) is 0 Å². The quantitative estimate of drug-likeness (QED) is 0.591. The Morgan fingerprint density at radius 1 is 1.21 bits per heavy atom. The molecule has 6 nitrogen and oxygen atoms in total. The topological polar surface area (TPSA) is 65.0 Å². The molecule has 0 aromatic heterocycles. The van der Waals surface area contributed by atoms with Gasteiger partial charge < -0.3 is 10.2 Å². The van der Waals surface area contributed by atoms with Gasteiger partial charge in [0, 0.05) is 27.2 Å². The van der Waals surface area contributed by atoms with Gasteiger partial charge in [-0.3, -0.25) is 9.69 Å². The SMILES string of the molecule is CSC(=O)N=C(N(C)C)N(C)C(=O)NC1CCCC1. The lowest BCUT2D eigenvalue weighted by atomic mass is 10.2. The molecule has 0 unspecified atom stereocenters. The Kier molecular flexibility index (Phi) is 6.14. The van der Waals surface area contributed by atoms with Crippen molar-refractivity contribution in [1.29, 1.82) is 0 Å². The highest BCUT2D eigenvalue weighted by atomic mass is 32.2. The van der Waals surface area contributed by atoms with Gasteiger partial charge in [0.2, 0.25) is 5.96 Å². The van der Waals surface area contributed by atoms with Gasteiger partial charge in [-0.1, -0.05) is 24.6 Å². The zero-order valence-electron chi connectivity index (χ0n) is 12.0. The molecular weight excluding hydrogens is 264 g/mol. The summed E-state index contributed by atoms with van der Waals surface area (Å²) in [6.07, 6.45) is 6.04. The second-order valence-electron chi connectivity index (χ2n) is 4.77. The van der Waals surface area contributed by atoms with Crippen LogP contribution in [0.2, 0.25) is 0 Å². The fraction of sp³-hybridized carbons (Fsp3) is 0.750. The lowest BCUT2D eigenvalue weighted by Gasteiger charge is -2.26. The summed E-state index contributed by atoms with van der Waals surface area (Å²) in [5.41, 5.74) is 0. The van der Waals surface area contributed by atoms with Crippen molar-refractivity contribution in [3.63, 3.8) is 0 Å². The molecule has 0 atom stereocenters. The third-order valence-corrected chi connectivity index (χ3v) is 3.49. The predicted octanol–water partition coefficient (Wildman–Crippen LogP) is 1.97. The van der Waals surface area contributed by atoms with Gasteiger partial charge in [-0.05, 0) is 19.1 Å². The average Bonchev–Trinajstić information content (AvgIpc) is 2.87. The Bertz CT molecular complexity index is 365.